The van der Waals surface area contributed by atoms with Crippen LogP contribution in [0, 0.1) is 0 Å². The molecule has 0 aliphatic heterocycles. The Morgan fingerprint density at radius 1 is 1.20 bits per heavy atom. The molecule has 0 unspecified atom stereocenters. The van der Waals surface area contributed by atoms with Gasteiger partial charge in [0.2, 0.25) is 0 Å². The summed E-state index contributed by atoms with van der Waals surface area (Å²) < 4.78 is 0. The number of nitrogens with one attached hydrogen (secondary N) is 1. The van der Waals surface area contributed by atoms with E-state index in [1.165, 1.54) is 11.0 Å². The molecular weight excluding hydrogens is 206 g/mol. The number of rotatable bonds is 2. The fourth-order valence-electron chi connectivity index (χ4n) is 1.47. The zero-order valence-corrected chi connectivity index (χ0v) is 9.17. The Labute approximate surface area is 92.4 Å². The lowest BCUT2D eigenvalue weighted by Crippen LogP contribution is -1.98. The third-order valence-electron chi connectivity index (χ3n) is 2.17. The fourth-order valence-corrected chi connectivity index (χ4v) is 2.08. The van der Waals surface area contributed by atoms with E-state index in [9.17, 15) is 4.79 Å². The van der Waals surface area contributed by atoms with E-state index in [2.05, 4.69) is 4.98 Å². The van der Waals surface area contributed by atoms with Crippen molar-refractivity contribution in [1.29, 1.82) is 0 Å². The number of benzene rings is 1. The van der Waals surface area contributed by atoms with E-state index < -0.39 is 0 Å². The van der Waals surface area contributed by atoms with E-state index in [4.69, 9.17) is 0 Å². The van der Waals surface area contributed by atoms with Gasteiger partial charge in [-0.15, -0.1) is 11.8 Å². The molecule has 2 aromatic rings. The summed E-state index contributed by atoms with van der Waals surface area (Å²) in [6.07, 6.45) is 3.70. The molecule has 0 atom stereocenters. The van der Waals surface area contributed by atoms with Gasteiger partial charge in [-0.2, -0.15) is 0 Å². The molecule has 0 spiro atoms. The molecule has 0 aliphatic carbocycles. The molecule has 15 heavy (non-hydrogen) atoms. The minimum Gasteiger partial charge on any atom is -0.361 e. The highest BCUT2D eigenvalue weighted by molar-refractivity contribution is 7.98. The maximum absolute atomic E-state index is 11.2. The largest absolute Gasteiger partial charge is 0.361 e. The maximum Gasteiger partial charge on any atom is 0.182 e. The Morgan fingerprint density at radius 2 is 2.00 bits per heavy atom. The van der Waals surface area contributed by atoms with Gasteiger partial charge < -0.3 is 4.98 Å². The number of H-pyrrole nitrogens is 1. The lowest BCUT2D eigenvalue weighted by atomic mass is 10.1. The van der Waals surface area contributed by atoms with Gasteiger partial charge in [0.05, 0.1) is 5.69 Å². The molecule has 0 aliphatic rings. The van der Waals surface area contributed by atoms with Gasteiger partial charge in [0.25, 0.3) is 0 Å². The highest BCUT2D eigenvalue weighted by atomic mass is 32.2. The van der Waals surface area contributed by atoms with Crippen LogP contribution in [-0.2, 0) is 0 Å². The van der Waals surface area contributed by atoms with Crippen LogP contribution in [0.15, 0.2) is 52.3 Å². The highest BCUT2D eigenvalue weighted by Crippen LogP contribution is 2.27. The summed E-state index contributed by atoms with van der Waals surface area (Å²) >= 11 is 1.67. The van der Waals surface area contributed by atoms with Gasteiger partial charge in [-0.25, -0.2) is 0 Å². The van der Waals surface area contributed by atoms with Gasteiger partial charge >= 0.3 is 0 Å². The van der Waals surface area contributed by atoms with Crippen molar-refractivity contribution in [3.8, 4) is 11.3 Å². The van der Waals surface area contributed by atoms with Crippen LogP contribution in [0.2, 0.25) is 0 Å². The normalized spacial score (nSPS) is 10.2. The summed E-state index contributed by atoms with van der Waals surface area (Å²) in [6, 6.07) is 11.2. The van der Waals surface area contributed by atoms with Crippen molar-refractivity contribution >= 4 is 11.8 Å². The third kappa shape index (κ3) is 2.13. The van der Waals surface area contributed by atoms with Crippen molar-refractivity contribution < 1.29 is 0 Å². The molecule has 1 aromatic carbocycles. The van der Waals surface area contributed by atoms with E-state index in [1.54, 1.807) is 24.0 Å². The summed E-state index contributed by atoms with van der Waals surface area (Å²) in [4.78, 5) is 15.5. The molecule has 0 saturated heterocycles. The molecule has 0 fully saturated rings. The molecular formula is C12H11NOS. The Morgan fingerprint density at radius 3 is 2.73 bits per heavy atom. The first-order valence-electron chi connectivity index (χ1n) is 4.63. The topological polar surface area (TPSA) is 32.9 Å². The minimum atomic E-state index is 0.0275. The average molecular weight is 217 g/mol. The predicted molar refractivity (Wildman–Crippen MR) is 64.3 cm³/mol. The van der Waals surface area contributed by atoms with Gasteiger partial charge in [0.1, 0.15) is 0 Å². The van der Waals surface area contributed by atoms with Crippen LogP contribution in [0.4, 0.5) is 0 Å². The zero-order valence-electron chi connectivity index (χ0n) is 8.36. The minimum absolute atomic E-state index is 0.0275. The summed E-state index contributed by atoms with van der Waals surface area (Å²) in [5.74, 6) is 0. The quantitative estimate of drug-likeness (QED) is 0.785. The van der Waals surface area contributed by atoms with E-state index in [0.29, 0.717) is 0 Å². The smallest absolute Gasteiger partial charge is 0.182 e. The second kappa shape index (κ2) is 4.36. The SMILES string of the molecule is CSc1ccccc1-c1cc(=O)cc[nH]1. The van der Waals surface area contributed by atoms with Crippen molar-refractivity contribution in [1.82, 2.24) is 4.98 Å². The molecule has 1 heterocycles. The number of hydrogen-bond donors (Lipinski definition) is 1. The van der Waals surface area contributed by atoms with Gasteiger partial charge in [-0.05, 0) is 12.3 Å². The Kier molecular flexibility index (Phi) is 2.92. The average Bonchev–Trinajstić information content (AvgIpc) is 2.29. The highest BCUT2D eigenvalue weighted by Gasteiger charge is 2.03. The lowest BCUT2D eigenvalue weighted by Gasteiger charge is -2.06. The van der Waals surface area contributed by atoms with Crippen LogP contribution in [0.3, 0.4) is 0 Å². The first-order valence-corrected chi connectivity index (χ1v) is 5.86. The summed E-state index contributed by atoms with van der Waals surface area (Å²) in [5, 5.41) is 0. The van der Waals surface area contributed by atoms with Crippen molar-refractivity contribution in [2.75, 3.05) is 6.26 Å². The maximum atomic E-state index is 11.2. The third-order valence-corrected chi connectivity index (χ3v) is 2.97. The van der Waals surface area contributed by atoms with Crippen molar-refractivity contribution in [3.05, 3.63) is 52.8 Å². The van der Waals surface area contributed by atoms with Crippen LogP contribution >= 0.6 is 11.8 Å². The molecule has 0 bridgehead atoms. The van der Waals surface area contributed by atoms with E-state index in [-0.39, 0.29) is 5.43 Å². The first-order chi connectivity index (χ1) is 7.31. The molecule has 0 amide bonds. The van der Waals surface area contributed by atoms with E-state index >= 15 is 0 Å². The second-order valence-electron chi connectivity index (χ2n) is 3.14. The van der Waals surface area contributed by atoms with Crippen LogP contribution in [0.25, 0.3) is 11.3 Å². The summed E-state index contributed by atoms with van der Waals surface area (Å²) in [6.45, 7) is 0. The van der Waals surface area contributed by atoms with E-state index in [0.717, 1.165) is 11.3 Å². The Balaban J connectivity index is 2.58. The Hall–Kier alpha value is -1.48. The standard InChI is InChI=1S/C12H11NOS/c1-15-12-5-3-2-4-10(12)11-8-9(14)6-7-13-11/h2-8H,1H3,(H,13,14). The fraction of sp³-hybridized carbons (Fsp3) is 0.0833. The first kappa shape index (κ1) is 10.1. The van der Waals surface area contributed by atoms with Crippen LogP contribution in [0.1, 0.15) is 0 Å². The van der Waals surface area contributed by atoms with Crippen molar-refractivity contribution in [2.24, 2.45) is 0 Å². The molecule has 2 rings (SSSR count). The van der Waals surface area contributed by atoms with Crippen LogP contribution < -0.4 is 5.43 Å². The lowest BCUT2D eigenvalue weighted by molar-refractivity contribution is 1.28. The summed E-state index contributed by atoms with van der Waals surface area (Å²) in [7, 11) is 0. The molecule has 2 nitrogen and oxygen atoms in total. The number of aromatic nitrogens is 1. The number of pyridine rings is 1. The predicted octanol–water partition coefficient (Wildman–Crippen LogP) is 2.76. The summed E-state index contributed by atoms with van der Waals surface area (Å²) in [5.41, 5.74) is 1.97. The number of aromatic amines is 1. The molecule has 1 N–H and O–H groups in total. The molecule has 0 saturated carbocycles. The monoisotopic (exact) mass is 217 g/mol. The van der Waals surface area contributed by atoms with Crippen LogP contribution in [-0.4, -0.2) is 11.2 Å². The number of thioether (sulfide) groups is 1. The zero-order chi connectivity index (χ0) is 10.7. The molecule has 76 valence electrons. The molecule has 1 aromatic heterocycles. The van der Waals surface area contributed by atoms with Gasteiger partial charge in [-0.3, -0.25) is 4.79 Å². The second-order valence-corrected chi connectivity index (χ2v) is 3.99. The number of hydrogen-bond acceptors (Lipinski definition) is 2. The van der Waals surface area contributed by atoms with Gasteiger partial charge in [-0.1, -0.05) is 18.2 Å². The van der Waals surface area contributed by atoms with Crippen molar-refractivity contribution in [2.45, 2.75) is 4.90 Å². The van der Waals surface area contributed by atoms with Gasteiger partial charge in [0, 0.05) is 28.8 Å². The van der Waals surface area contributed by atoms with Gasteiger partial charge in [0.15, 0.2) is 5.43 Å². The molecule has 0 radical (unpaired) electrons. The molecule has 3 heteroatoms. The Bertz CT molecular complexity index is 519. The van der Waals surface area contributed by atoms with Crippen molar-refractivity contribution in [3.63, 3.8) is 0 Å². The van der Waals surface area contributed by atoms with E-state index in [1.807, 2.05) is 30.5 Å². The van der Waals surface area contributed by atoms with Crippen LogP contribution in [0.5, 0.6) is 0 Å².